The number of aromatic nitrogens is 2. The average molecular weight is 391 g/mol. The molecule has 0 saturated carbocycles. The minimum Gasteiger partial charge on any atom is -0.481 e. The van der Waals surface area contributed by atoms with Crippen LogP contribution in [-0.4, -0.2) is 21.0 Å². The molecule has 3 aromatic rings. The van der Waals surface area contributed by atoms with Crippen molar-refractivity contribution in [2.45, 2.75) is 52.4 Å². The maximum absolute atomic E-state index is 9.00. The summed E-state index contributed by atoms with van der Waals surface area (Å²) in [6.07, 6.45) is 11.5. The Labute approximate surface area is 173 Å². The number of unbranched alkanes of at least 4 members (excludes halogenated alkanes) is 4. The average Bonchev–Trinajstić information content (AvgIpc) is 2.74. The van der Waals surface area contributed by atoms with Gasteiger partial charge in [-0.1, -0.05) is 87.2 Å². The number of rotatable bonds is 8. The molecule has 0 bridgehead atoms. The minimum atomic E-state index is -0.833. The van der Waals surface area contributed by atoms with E-state index in [1.807, 2.05) is 18.5 Å². The van der Waals surface area contributed by atoms with E-state index in [-0.39, 0.29) is 0 Å². The van der Waals surface area contributed by atoms with Crippen molar-refractivity contribution in [2.24, 2.45) is 0 Å². The smallest absolute Gasteiger partial charge is 0.300 e. The Bertz CT molecular complexity index is 840. The number of aliphatic carboxylic acids is 1. The zero-order valence-electron chi connectivity index (χ0n) is 17.3. The number of nitrogens with zero attached hydrogens (tertiary/aromatic N) is 2. The van der Waals surface area contributed by atoms with E-state index in [4.69, 9.17) is 9.90 Å². The van der Waals surface area contributed by atoms with Gasteiger partial charge in [-0.3, -0.25) is 4.79 Å². The first kappa shape index (κ1) is 22.3. The van der Waals surface area contributed by atoms with Crippen molar-refractivity contribution in [3.8, 4) is 22.5 Å². The van der Waals surface area contributed by atoms with Gasteiger partial charge in [0.15, 0.2) is 5.82 Å². The van der Waals surface area contributed by atoms with Crippen molar-refractivity contribution < 1.29 is 9.90 Å². The summed E-state index contributed by atoms with van der Waals surface area (Å²) in [5.41, 5.74) is 4.75. The Hall–Kier alpha value is -3.01. The molecule has 0 fully saturated rings. The van der Waals surface area contributed by atoms with Crippen LogP contribution in [0.25, 0.3) is 22.5 Å². The van der Waals surface area contributed by atoms with Gasteiger partial charge in [0, 0.05) is 24.9 Å². The van der Waals surface area contributed by atoms with E-state index in [2.05, 4.69) is 65.4 Å². The number of aryl methyl sites for hydroxylation is 1. The molecule has 1 aromatic heterocycles. The predicted octanol–water partition coefficient (Wildman–Crippen LogP) is 6.41. The van der Waals surface area contributed by atoms with Gasteiger partial charge in [0.05, 0.1) is 0 Å². The van der Waals surface area contributed by atoms with Crippen LogP contribution in [0.1, 0.15) is 51.5 Å². The largest absolute Gasteiger partial charge is 0.481 e. The molecule has 3 rings (SSSR count). The second-order valence-corrected chi connectivity index (χ2v) is 7.04. The van der Waals surface area contributed by atoms with Crippen molar-refractivity contribution in [3.63, 3.8) is 0 Å². The number of carboxylic acid groups (broad SMARTS) is 1. The number of carboxylic acids is 1. The Morgan fingerprint density at radius 2 is 1.31 bits per heavy atom. The third-order valence-electron chi connectivity index (χ3n) is 4.52. The number of benzene rings is 2. The van der Waals surface area contributed by atoms with Crippen LogP contribution in [-0.2, 0) is 11.2 Å². The second-order valence-electron chi connectivity index (χ2n) is 7.04. The summed E-state index contributed by atoms with van der Waals surface area (Å²) < 4.78 is 0. The minimum absolute atomic E-state index is 0.800. The van der Waals surface area contributed by atoms with Gasteiger partial charge in [0.2, 0.25) is 0 Å². The fraction of sp³-hybridized carbons (Fsp3) is 0.320. The Balaban J connectivity index is 0.000000687. The van der Waals surface area contributed by atoms with Gasteiger partial charge < -0.3 is 5.11 Å². The van der Waals surface area contributed by atoms with Gasteiger partial charge in [0.25, 0.3) is 5.97 Å². The maximum Gasteiger partial charge on any atom is 0.300 e. The van der Waals surface area contributed by atoms with Gasteiger partial charge in [-0.05, 0) is 29.5 Å². The molecule has 0 radical (unpaired) electrons. The van der Waals surface area contributed by atoms with Crippen LogP contribution in [0, 0.1) is 0 Å². The maximum atomic E-state index is 9.00. The fourth-order valence-corrected chi connectivity index (χ4v) is 3.01. The molecule has 0 aliphatic rings. The van der Waals surface area contributed by atoms with E-state index in [1.54, 1.807) is 0 Å². The van der Waals surface area contributed by atoms with Gasteiger partial charge in [-0.2, -0.15) is 0 Å². The molecule has 0 saturated heterocycles. The van der Waals surface area contributed by atoms with Gasteiger partial charge in [0.1, 0.15) is 0 Å². The van der Waals surface area contributed by atoms with Gasteiger partial charge in [-0.25, -0.2) is 9.97 Å². The summed E-state index contributed by atoms with van der Waals surface area (Å²) in [5, 5.41) is 7.42. The first-order valence-corrected chi connectivity index (χ1v) is 10.3. The quantitative estimate of drug-likeness (QED) is 0.451. The van der Waals surface area contributed by atoms with Crippen LogP contribution in [0.15, 0.2) is 67.0 Å². The third-order valence-corrected chi connectivity index (χ3v) is 4.52. The molecule has 152 valence electrons. The molecule has 2 aromatic carbocycles. The highest BCUT2D eigenvalue weighted by molar-refractivity contribution is 5.67. The highest BCUT2D eigenvalue weighted by Gasteiger charge is 2.03. The van der Waals surface area contributed by atoms with E-state index in [0.29, 0.717) is 0 Å². The number of hydrogen-bond acceptors (Lipinski definition) is 3. The highest BCUT2D eigenvalue weighted by Crippen LogP contribution is 2.22. The van der Waals surface area contributed by atoms with Crippen molar-refractivity contribution in [3.05, 3.63) is 72.6 Å². The van der Waals surface area contributed by atoms with Crippen LogP contribution in [0.2, 0.25) is 0 Å². The zero-order chi connectivity index (χ0) is 20.9. The summed E-state index contributed by atoms with van der Waals surface area (Å²) in [6, 6.07) is 18.9. The monoisotopic (exact) mass is 390 g/mol. The Morgan fingerprint density at radius 1 is 0.793 bits per heavy atom. The summed E-state index contributed by atoms with van der Waals surface area (Å²) in [6.45, 7) is 3.33. The molecule has 0 unspecified atom stereocenters. The third kappa shape index (κ3) is 8.26. The molecule has 1 heterocycles. The summed E-state index contributed by atoms with van der Waals surface area (Å²) >= 11 is 0. The van der Waals surface area contributed by atoms with Crippen LogP contribution in [0.5, 0.6) is 0 Å². The molecule has 29 heavy (non-hydrogen) atoms. The molecule has 0 aliphatic heterocycles. The zero-order valence-corrected chi connectivity index (χ0v) is 17.3. The molecule has 0 amide bonds. The molecule has 4 heteroatoms. The van der Waals surface area contributed by atoms with Crippen LogP contribution in [0.4, 0.5) is 0 Å². The van der Waals surface area contributed by atoms with Crippen LogP contribution < -0.4 is 0 Å². The fourth-order valence-electron chi connectivity index (χ4n) is 3.01. The molecule has 1 N–H and O–H groups in total. The molecule has 4 nitrogen and oxygen atoms in total. The van der Waals surface area contributed by atoms with Crippen molar-refractivity contribution >= 4 is 5.97 Å². The standard InChI is InChI=1S/C23H26N2.C2H4O2/c1-2-3-4-5-7-10-19-17-24-23(25-18-19)22-15-13-21(14-16-22)20-11-8-6-9-12-20;1-2(3)4/h6,8-9,11-18H,2-5,7,10H2,1H3;1H3,(H,3,4). The summed E-state index contributed by atoms with van der Waals surface area (Å²) in [4.78, 5) is 18.1. The summed E-state index contributed by atoms with van der Waals surface area (Å²) in [7, 11) is 0. The first-order chi connectivity index (χ1) is 14.1. The van der Waals surface area contributed by atoms with Gasteiger partial charge in [-0.15, -0.1) is 0 Å². The predicted molar refractivity (Wildman–Crippen MR) is 119 cm³/mol. The van der Waals surface area contributed by atoms with Crippen molar-refractivity contribution in [2.75, 3.05) is 0 Å². The lowest BCUT2D eigenvalue weighted by molar-refractivity contribution is -0.134. The number of carbonyl (C=O) groups is 1. The Morgan fingerprint density at radius 3 is 1.90 bits per heavy atom. The highest BCUT2D eigenvalue weighted by atomic mass is 16.4. The number of hydrogen-bond donors (Lipinski definition) is 1. The van der Waals surface area contributed by atoms with E-state index < -0.39 is 5.97 Å². The topological polar surface area (TPSA) is 63.1 Å². The lowest BCUT2D eigenvalue weighted by Crippen LogP contribution is -1.93. The van der Waals surface area contributed by atoms with E-state index in [9.17, 15) is 0 Å². The van der Waals surface area contributed by atoms with Gasteiger partial charge >= 0.3 is 0 Å². The lowest BCUT2D eigenvalue weighted by atomic mass is 10.0. The Kier molecular flexibility index (Phi) is 9.56. The first-order valence-electron chi connectivity index (χ1n) is 10.3. The second kappa shape index (κ2) is 12.4. The normalized spacial score (nSPS) is 10.1. The lowest BCUT2D eigenvalue weighted by Gasteiger charge is -2.05. The van der Waals surface area contributed by atoms with Crippen LogP contribution >= 0.6 is 0 Å². The van der Waals surface area contributed by atoms with E-state index in [0.717, 1.165) is 24.7 Å². The van der Waals surface area contributed by atoms with Crippen molar-refractivity contribution in [1.29, 1.82) is 0 Å². The molecular weight excluding hydrogens is 360 g/mol. The molecule has 0 atom stereocenters. The molecule has 0 spiro atoms. The van der Waals surface area contributed by atoms with Crippen molar-refractivity contribution in [1.82, 2.24) is 9.97 Å². The SMILES string of the molecule is CC(=O)O.CCCCCCCc1cnc(-c2ccc(-c3ccccc3)cc2)nc1. The van der Waals surface area contributed by atoms with E-state index >= 15 is 0 Å². The van der Waals surface area contributed by atoms with E-state index in [1.165, 1.54) is 48.8 Å². The summed E-state index contributed by atoms with van der Waals surface area (Å²) in [5.74, 6) is -0.0330. The van der Waals surface area contributed by atoms with Crippen LogP contribution in [0.3, 0.4) is 0 Å². The molecular formula is C25H30N2O2. The molecule has 0 aliphatic carbocycles.